The molecule has 44 heavy (non-hydrogen) atoms. The molecule has 0 aromatic heterocycles. The molecular weight excluding hydrogens is 552 g/mol. The molecule has 3 rings (SSSR count). The zero-order valence-corrected chi connectivity index (χ0v) is 27.7. The number of rotatable bonds is 11. The third kappa shape index (κ3) is 6.00. The Kier molecular flexibility index (Phi) is 10.1. The highest BCUT2D eigenvalue weighted by atomic mass is 16.3. The molecule has 2 saturated carbocycles. The molecular formula is C38H48O6. The molecule has 3 aliphatic carbocycles. The van der Waals surface area contributed by atoms with Gasteiger partial charge in [-0.05, 0) is 109 Å². The number of carbonyl (C=O) groups is 5. The van der Waals surface area contributed by atoms with E-state index in [1.165, 1.54) is 6.08 Å². The molecule has 1 N–H and O–H groups in total. The zero-order valence-electron chi connectivity index (χ0n) is 27.7. The van der Waals surface area contributed by atoms with Crippen LogP contribution in [0.15, 0.2) is 82.7 Å². The molecule has 0 unspecified atom stereocenters. The second kappa shape index (κ2) is 12.7. The first-order chi connectivity index (χ1) is 20.3. The molecule has 0 saturated heterocycles. The molecule has 0 aliphatic heterocycles. The minimum atomic E-state index is -1.65. The summed E-state index contributed by atoms with van der Waals surface area (Å²) < 4.78 is 0. The van der Waals surface area contributed by atoms with Crippen LogP contribution in [-0.2, 0) is 24.0 Å². The van der Waals surface area contributed by atoms with E-state index in [1.54, 1.807) is 0 Å². The normalized spacial score (nSPS) is 27.9. The maximum absolute atomic E-state index is 15.2. The van der Waals surface area contributed by atoms with Gasteiger partial charge in [0.25, 0.3) is 0 Å². The SMILES string of the molecule is C=C(C)CC[C@H](C[C@]12C[C@H](CC=C(C)C)C(C)(C)[C@](CC=C(C)C)(C(=O)/C(=C(/O)C3=CC(=O)C(=O)C=C3)C1=O)C2=O)C(=C)C. The highest BCUT2D eigenvalue weighted by molar-refractivity contribution is 6.47. The lowest BCUT2D eigenvalue weighted by Crippen LogP contribution is -2.70. The molecule has 6 nitrogen and oxygen atoms in total. The zero-order chi connectivity index (χ0) is 33.4. The summed E-state index contributed by atoms with van der Waals surface area (Å²) in [6, 6.07) is 0. The van der Waals surface area contributed by atoms with Crippen molar-refractivity contribution in [2.75, 3.05) is 0 Å². The van der Waals surface area contributed by atoms with Gasteiger partial charge < -0.3 is 5.11 Å². The molecule has 0 heterocycles. The first-order valence-electron chi connectivity index (χ1n) is 15.5. The second-order valence-electron chi connectivity index (χ2n) is 14.2. The highest BCUT2D eigenvalue weighted by Crippen LogP contribution is 2.66. The van der Waals surface area contributed by atoms with Crippen molar-refractivity contribution in [3.05, 3.63) is 82.7 Å². The Balaban J connectivity index is 2.44. The summed E-state index contributed by atoms with van der Waals surface area (Å²) in [4.78, 5) is 69.0. The number of aliphatic hydroxyl groups is 1. The van der Waals surface area contributed by atoms with E-state index in [2.05, 4.69) is 19.2 Å². The fraction of sp³-hybridized carbons (Fsp3) is 0.500. The van der Waals surface area contributed by atoms with Crippen LogP contribution in [0.2, 0.25) is 0 Å². The Morgan fingerprint density at radius 2 is 1.55 bits per heavy atom. The average Bonchev–Trinajstić information content (AvgIpc) is 2.91. The number of ketones is 5. The molecule has 236 valence electrons. The van der Waals surface area contributed by atoms with Gasteiger partial charge in [-0.25, -0.2) is 0 Å². The van der Waals surface area contributed by atoms with E-state index in [-0.39, 0.29) is 36.7 Å². The number of allylic oxidation sites excluding steroid dienone is 10. The molecule has 3 aliphatic rings. The van der Waals surface area contributed by atoms with Crippen molar-refractivity contribution in [3.63, 3.8) is 0 Å². The fourth-order valence-corrected chi connectivity index (χ4v) is 7.17. The van der Waals surface area contributed by atoms with Gasteiger partial charge in [-0.15, -0.1) is 6.58 Å². The summed E-state index contributed by atoms with van der Waals surface area (Å²) in [5.74, 6) is -4.53. The van der Waals surface area contributed by atoms with Gasteiger partial charge in [0.1, 0.15) is 16.7 Å². The second-order valence-corrected chi connectivity index (χ2v) is 14.2. The molecule has 2 bridgehead atoms. The number of aliphatic hydroxyl groups excluding tert-OH is 1. The quantitative estimate of drug-likeness (QED) is 0.0493. The molecule has 4 atom stereocenters. The molecule has 2 fully saturated rings. The smallest absolute Gasteiger partial charge is 0.226 e. The number of hydrogen-bond donors (Lipinski definition) is 1. The summed E-state index contributed by atoms with van der Waals surface area (Å²) >= 11 is 0. The molecule has 0 amide bonds. The van der Waals surface area contributed by atoms with Gasteiger partial charge in [-0.2, -0.15) is 0 Å². The third-order valence-corrected chi connectivity index (χ3v) is 10.1. The summed E-state index contributed by atoms with van der Waals surface area (Å²) in [7, 11) is 0. The Morgan fingerprint density at radius 1 is 0.932 bits per heavy atom. The molecule has 6 heteroatoms. The number of fused-ring (bicyclic) bond motifs is 2. The largest absolute Gasteiger partial charge is 0.506 e. The number of Topliss-reactive ketones (excluding diaryl/α,β-unsaturated/α-hetero) is 3. The van der Waals surface area contributed by atoms with Crippen molar-refractivity contribution in [3.8, 4) is 0 Å². The lowest BCUT2D eigenvalue weighted by atomic mass is 9.38. The Hall–Kier alpha value is -3.67. The Labute approximate surface area is 262 Å². The summed E-state index contributed by atoms with van der Waals surface area (Å²) in [5.41, 5.74) is -0.869. The minimum absolute atomic E-state index is 0.0763. The van der Waals surface area contributed by atoms with Crippen LogP contribution in [0.3, 0.4) is 0 Å². The summed E-state index contributed by atoms with van der Waals surface area (Å²) in [5, 5.41) is 11.6. The summed E-state index contributed by atoms with van der Waals surface area (Å²) in [6.45, 7) is 23.7. The van der Waals surface area contributed by atoms with Crippen molar-refractivity contribution >= 4 is 28.9 Å². The van der Waals surface area contributed by atoms with E-state index in [0.29, 0.717) is 19.3 Å². The fourth-order valence-electron chi connectivity index (χ4n) is 7.17. The lowest BCUT2D eigenvalue weighted by Gasteiger charge is -2.61. The predicted molar refractivity (Wildman–Crippen MR) is 174 cm³/mol. The molecule has 0 aromatic carbocycles. The maximum Gasteiger partial charge on any atom is 0.226 e. The van der Waals surface area contributed by atoms with Gasteiger partial charge in [-0.1, -0.05) is 54.9 Å². The molecule has 0 aromatic rings. The molecule has 0 spiro atoms. The predicted octanol–water partition coefficient (Wildman–Crippen LogP) is 7.82. The van der Waals surface area contributed by atoms with Crippen LogP contribution in [0.1, 0.15) is 93.9 Å². The first kappa shape index (κ1) is 34.8. The van der Waals surface area contributed by atoms with E-state index in [0.717, 1.165) is 34.4 Å². The van der Waals surface area contributed by atoms with Gasteiger partial charge >= 0.3 is 0 Å². The standard InChI is InChI=1S/C38H48O6/c1-22(2)11-13-27(25(7)8)20-37-21-28(15-12-23(3)4)36(9,10)38(35(37)44,18-17-24(5)6)34(43)31(33(37)42)32(41)26-14-16-29(39)30(40)19-26/h12,14,16-17,19,27-28,41H,1,7,11,13,15,18,20-21H2,2-6,8-10H3/b32-31+/t27-,28+,37+,38-/m1/s1. The van der Waals surface area contributed by atoms with E-state index < -0.39 is 56.5 Å². The van der Waals surface area contributed by atoms with Gasteiger partial charge in [0.2, 0.25) is 11.6 Å². The van der Waals surface area contributed by atoms with Crippen molar-refractivity contribution in [2.24, 2.45) is 28.1 Å². The highest BCUT2D eigenvalue weighted by Gasteiger charge is 2.74. The van der Waals surface area contributed by atoms with Crippen molar-refractivity contribution in [1.29, 1.82) is 0 Å². The van der Waals surface area contributed by atoms with E-state index in [9.17, 15) is 24.3 Å². The van der Waals surface area contributed by atoms with Gasteiger partial charge in [-0.3, -0.25) is 24.0 Å². The van der Waals surface area contributed by atoms with Crippen molar-refractivity contribution in [1.82, 2.24) is 0 Å². The van der Waals surface area contributed by atoms with Crippen molar-refractivity contribution in [2.45, 2.75) is 93.9 Å². The van der Waals surface area contributed by atoms with Gasteiger partial charge in [0.05, 0.1) is 5.41 Å². The Bertz CT molecular complexity index is 1480. The monoisotopic (exact) mass is 600 g/mol. The van der Waals surface area contributed by atoms with Gasteiger partial charge in [0, 0.05) is 11.6 Å². The number of hydrogen-bond acceptors (Lipinski definition) is 6. The van der Waals surface area contributed by atoms with E-state index in [4.69, 9.17) is 0 Å². The van der Waals surface area contributed by atoms with Crippen LogP contribution < -0.4 is 0 Å². The van der Waals surface area contributed by atoms with Gasteiger partial charge in [0.15, 0.2) is 17.3 Å². The first-order valence-corrected chi connectivity index (χ1v) is 15.5. The van der Waals surface area contributed by atoms with Crippen LogP contribution in [0, 0.1) is 28.1 Å². The third-order valence-electron chi connectivity index (χ3n) is 10.1. The number of carbonyl (C=O) groups excluding carboxylic acids is 5. The maximum atomic E-state index is 15.2. The Morgan fingerprint density at radius 3 is 2.07 bits per heavy atom. The van der Waals surface area contributed by atoms with Crippen LogP contribution in [-0.4, -0.2) is 34.0 Å². The summed E-state index contributed by atoms with van der Waals surface area (Å²) in [6.07, 6.45) is 9.52. The lowest BCUT2D eigenvalue weighted by molar-refractivity contribution is -0.177. The van der Waals surface area contributed by atoms with Crippen molar-refractivity contribution < 1.29 is 29.1 Å². The van der Waals surface area contributed by atoms with Crippen LogP contribution in [0.25, 0.3) is 0 Å². The van der Waals surface area contributed by atoms with E-state index >= 15 is 4.79 Å². The van der Waals surface area contributed by atoms with E-state index in [1.807, 2.05) is 61.5 Å². The average molecular weight is 601 g/mol. The van der Waals surface area contributed by atoms with Crippen LogP contribution in [0.4, 0.5) is 0 Å². The minimum Gasteiger partial charge on any atom is -0.506 e. The topological polar surface area (TPSA) is 106 Å². The van der Waals surface area contributed by atoms with Crippen LogP contribution in [0.5, 0.6) is 0 Å². The van der Waals surface area contributed by atoms with Crippen LogP contribution >= 0.6 is 0 Å². The molecule has 0 radical (unpaired) electrons.